The van der Waals surface area contributed by atoms with Crippen molar-refractivity contribution in [2.45, 2.75) is 13.3 Å². The van der Waals surface area contributed by atoms with E-state index in [2.05, 4.69) is 6.58 Å². The molecule has 17 heavy (non-hydrogen) atoms. The van der Waals surface area contributed by atoms with Crippen molar-refractivity contribution in [2.24, 2.45) is 0 Å². The molecule has 0 aliphatic carbocycles. The average Bonchev–Trinajstić information content (AvgIpc) is 2.28. The summed E-state index contributed by atoms with van der Waals surface area (Å²) >= 11 is 0. The van der Waals surface area contributed by atoms with E-state index in [9.17, 15) is 8.78 Å². The molecule has 0 aliphatic heterocycles. The maximum absolute atomic E-state index is 13.7. The highest BCUT2D eigenvalue weighted by atomic mass is 19.1. The molecule has 0 radical (unpaired) electrons. The third-order valence-corrected chi connectivity index (χ3v) is 2.31. The maximum Gasteiger partial charge on any atom is 0.150 e. The summed E-state index contributed by atoms with van der Waals surface area (Å²) < 4.78 is 27.5. The molecule has 4 heteroatoms. The monoisotopic (exact) mass is 236 g/mol. The van der Waals surface area contributed by atoms with Gasteiger partial charge in [-0.25, -0.2) is 8.78 Å². The van der Waals surface area contributed by atoms with Crippen LogP contribution >= 0.6 is 0 Å². The Kier molecular flexibility index (Phi) is 4.65. The minimum atomic E-state index is -0.711. The quantitative estimate of drug-likeness (QED) is 0.734. The van der Waals surface area contributed by atoms with Crippen LogP contribution in [0.4, 0.5) is 14.5 Å². The van der Waals surface area contributed by atoms with E-state index in [1.807, 2.05) is 6.92 Å². The Bertz CT molecular complexity index is 426. The van der Waals surface area contributed by atoms with Crippen molar-refractivity contribution in [3.8, 4) is 6.07 Å². The van der Waals surface area contributed by atoms with Gasteiger partial charge in [0.1, 0.15) is 5.69 Å². The van der Waals surface area contributed by atoms with E-state index in [-0.39, 0.29) is 11.3 Å². The lowest BCUT2D eigenvalue weighted by Crippen LogP contribution is -2.26. The summed E-state index contributed by atoms with van der Waals surface area (Å²) in [5, 5.41) is 8.61. The smallest absolute Gasteiger partial charge is 0.150 e. The molecule has 2 nitrogen and oxygen atoms in total. The summed E-state index contributed by atoms with van der Waals surface area (Å²) in [4.78, 5) is 1.57. The Hall–Kier alpha value is -1.89. The number of nitrogens with zero attached hydrogens (tertiary/aromatic N) is 2. The minimum Gasteiger partial charge on any atom is -0.363 e. The summed E-state index contributed by atoms with van der Waals surface area (Å²) in [6.07, 6.45) is 2.36. The maximum atomic E-state index is 13.7. The van der Waals surface area contributed by atoms with Crippen LogP contribution in [0.25, 0.3) is 0 Å². The highest BCUT2D eigenvalue weighted by Gasteiger charge is 2.16. The van der Waals surface area contributed by atoms with Crippen LogP contribution in [0.2, 0.25) is 0 Å². The zero-order valence-electron chi connectivity index (χ0n) is 9.71. The third kappa shape index (κ3) is 3.04. The second-order valence-electron chi connectivity index (χ2n) is 3.63. The SMILES string of the molecule is C=CCN(CCC)c1c(F)cc(C#N)cc1F. The standard InChI is InChI=1S/C13H14F2N2/c1-3-5-17(6-4-2)13-11(14)7-10(9-16)8-12(13)15/h3,7-8H,1,4-6H2,2H3. The Balaban J connectivity index is 3.19. The van der Waals surface area contributed by atoms with Gasteiger partial charge in [-0.05, 0) is 18.6 Å². The normalized spacial score (nSPS) is 9.76. The van der Waals surface area contributed by atoms with Crippen LogP contribution in [0.1, 0.15) is 18.9 Å². The Labute approximate surface area is 99.8 Å². The van der Waals surface area contributed by atoms with Crippen LogP contribution in [0.15, 0.2) is 24.8 Å². The molecule has 90 valence electrons. The molecular formula is C13H14F2N2. The first kappa shape index (κ1) is 13.2. The molecule has 1 aromatic rings. The summed E-state index contributed by atoms with van der Waals surface area (Å²) in [6.45, 7) is 6.39. The van der Waals surface area contributed by atoms with Gasteiger partial charge in [0.25, 0.3) is 0 Å². The fourth-order valence-electron chi connectivity index (χ4n) is 1.65. The largest absolute Gasteiger partial charge is 0.363 e. The van der Waals surface area contributed by atoms with Crippen molar-refractivity contribution >= 4 is 5.69 Å². The second-order valence-corrected chi connectivity index (χ2v) is 3.63. The van der Waals surface area contributed by atoms with Gasteiger partial charge in [-0.1, -0.05) is 13.0 Å². The molecule has 1 aromatic carbocycles. The van der Waals surface area contributed by atoms with Gasteiger partial charge in [-0.3, -0.25) is 0 Å². The molecular weight excluding hydrogens is 222 g/mol. The molecule has 0 aromatic heterocycles. The number of rotatable bonds is 5. The number of halogens is 2. The minimum absolute atomic E-state index is 0.0150. The average molecular weight is 236 g/mol. The van der Waals surface area contributed by atoms with Crippen molar-refractivity contribution in [1.82, 2.24) is 0 Å². The molecule has 0 aliphatic rings. The lowest BCUT2D eigenvalue weighted by atomic mass is 10.1. The number of benzene rings is 1. The van der Waals surface area contributed by atoms with Gasteiger partial charge in [0.05, 0.1) is 11.6 Å². The fourth-order valence-corrected chi connectivity index (χ4v) is 1.65. The highest BCUT2D eigenvalue weighted by molar-refractivity contribution is 5.53. The molecule has 0 unspecified atom stereocenters. The predicted molar refractivity (Wildman–Crippen MR) is 63.8 cm³/mol. The molecule has 0 fully saturated rings. The van der Waals surface area contributed by atoms with Crippen LogP contribution in [0.5, 0.6) is 0 Å². The zero-order valence-corrected chi connectivity index (χ0v) is 9.71. The van der Waals surface area contributed by atoms with E-state index in [1.165, 1.54) is 0 Å². The molecule has 0 atom stereocenters. The Morgan fingerprint density at radius 3 is 2.41 bits per heavy atom. The van der Waals surface area contributed by atoms with Crippen molar-refractivity contribution in [3.63, 3.8) is 0 Å². The van der Waals surface area contributed by atoms with E-state index < -0.39 is 11.6 Å². The number of nitriles is 1. The molecule has 0 saturated carbocycles. The Morgan fingerprint density at radius 1 is 1.41 bits per heavy atom. The Morgan fingerprint density at radius 2 is 2.00 bits per heavy atom. The first-order chi connectivity index (χ1) is 8.13. The van der Waals surface area contributed by atoms with Crippen LogP contribution in [-0.2, 0) is 0 Å². The summed E-state index contributed by atoms with van der Waals surface area (Å²) in [5.41, 5.74) is -0.107. The first-order valence-corrected chi connectivity index (χ1v) is 5.39. The van der Waals surface area contributed by atoms with Gasteiger partial charge < -0.3 is 4.90 Å². The molecule has 0 amide bonds. The van der Waals surface area contributed by atoms with Crippen LogP contribution < -0.4 is 4.90 Å². The van der Waals surface area contributed by atoms with E-state index in [0.29, 0.717) is 13.1 Å². The van der Waals surface area contributed by atoms with Crippen LogP contribution in [0.3, 0.4) is 0 Å². The lowest BCUT2D eigenvalue weighted by molar-refractivity contribution is 0.572. The molecule has 1 rings (SSSR count). The molecule has 0 bridgehead atoms. The molecule has 0 saturated heterocycles. The molecule has 0 spiro atoms. The van der Waals surface area contributed by atoms with Crippen molar-refractivity contribution in [3.05, 3.63) is 42.0 Å². The molecule has 0 heterocycles. The lowest BCUT2D eigenvalue weighted by Gasteiger charge is -2.23. The second kappa shape index (κ2) is 6.00. The highest BCUT2D eigenvalue weighted by Crippen LogP contribution is 2.25. The fraction of sp³-hybridized carbons (Fsp3) is 0.308. The van der Waals surface area contributed by atoms with Gasteiger partial charge in [-0.2, -0.15) is 5.26 Å². The van der Waals surface area contributed by atoms with E-state index in [0.717, 1.165) is 18.6 Å². The number of hydrogen-bond donors (Lipinski definition) is 0. The van der Waals surface area contributed by atoms with Gasteiger partial charge in [0, 0.05) is 13.1 Å². The van der Waals surface area contributed by atoms with Crippen molar-refractivity contribution in [2.75, 3.05) is 18.0 Å². The predicted octanol–water partition coefficient (Wildman–Crippen LogP) is 3.24. The van der Waals surface area contributed by atoms with Crippen molar-refractivity contribution in [1.29, 1.82) is 5.26 Å². The van der Waals surface area contributed by atoms with Crippen LogP contribution in [-0.4, -0.2) is 13.1 Å². The summed E-state index contributed by atoms with van der Waals surface area (Å²) in [6, 6.07) is 3.81. The van der Waals surface area contributed by atoms with Crippen LogP contribution in [0, 0.1) is 23.0 Å². The van der Waals surface area contributed by atoms with Gasteiger partial charge in [-0.15, -0.1) is 6.58 Å². The van der Waals surface area contributed by atoms with Gasteiger partial charge >= 0.3 is 0 Å². The molecule has 0 N–H and O–H groups in total. The summed E-state index contributed by atoms with van der Waals surface area (Å²) in [7, 11) is 0. The van der Waals surface area contributed by atoms with Crippen molar-refractivity contribution < 1.29 is 8.78 Å². The van der Waals surface area contributed by atoms with Gasteiger partial charge in [0.15, 0.2) is 11.6 Å². The third-order valence-electron chi connectivity index (χ3n) is 2.31. The summed E-state index contributed by atoms with van der Waals surface area (Å²) in [5.74, 6) is -1.42. The van der Waals surface area contributed by atoms with Gasteiger partial charge in [0.2, 0.25) is 0 Å². The topological polar surface area (TPSA) is 27.0 Å². The number of hydrogen-bond acceptors (Lipinski definition) is 2. The van der Waals surface area contributed by atoms with E-state index in [1.54, 1.807) is 17.0 Å². The number of anilines is 1. The first-order valence-electron chi connectivity index (χ1n) is 5.39. The zero-order chi connectivity index (χ0) is 12.8. The van der Waals surface area contributed by atoms with E-state index in [4.69, 9.17) is 5.26 Å². The van der Waals surface area contributed by atoms with E-state index >= 15 is 0 Å².